The molecule has 0 aromatic heterocycles. The first-order valence-corrected chi connectivity index (χ1v) is 7.26. The van der Waals surface area contributed by atoms with E-state index in [1.54, 1.807) is 0 Å². The van der Waals surface area contributed by atoms with Crippen molar-refractivity contribution in [1.82, 2.24) is 0 Å². The van der Waals surface area contributed by atoms with Gasteiger partial charge in [0.1, 0.15) is 12.2 Å². The highest BCUT2D eigenvalue weighted by Crippen LogP contribution is 2.36. The molecule has 104 valence electrons. The Balaban J connectivity index is 1.93. The van der Waals surface area contributed by atoms with Crippen LogP contribution in [0.1, 0.15) is 41.4 Å². The molecule has 3 rings (SSSR count). The van der Waals surface area contributed by atoms with Gasteiger partial charge >= 0.3 is 0 Å². The molecule has 1 heterocycles. The van der Waals surface area contributed by atoms with Gasteiger partial charge in [0.25, 0.3) is 0 Å². The Hall–Kier alpha value is -1.64. The highest BCUT2D eigenvalue weighted by molar-refractivity contribution is 5.34. The van der Waals surface area contributed by atoms with Gasteiger partial charge in [-0.15, -0.1) is 0 Å². The van der Waals surface area contributed by atoms with Gasteiger partial charge in [0.05, 0.1) is 6.61 Å². The van der Waals surface area contributed by atoms with E-state index in [-0.39, 0.29) is 6.10 Å². The van der Waals surface area contributed by atoms with Crippen LogP contribution in [-0.2, 0) is 17.6 Å². The zero-order chi connectivity index (χ0) is 13.9. The van der Waals surface area contributed by atoms with Crippen LogP contribution in [0, 0.1) is 0 Å². The molecule has 0 bridgehead atoms. The zero-order valence-electron chi connectivity index (χ0n) is 11.8. The molecule has 0 fully saturated rings. The van der Waals surface area contributed by atoms with E-state index < -0.39 is 6.10 Å². The number of hydrogen-bond acceptors (Lipinski definition) is 2. The van der Waals surface area contributed by atoms with Crippen molar-refractivity contribution < 1.29 is 9.84 Å². The summed E-state index contributed by atoms with van der Waals surface area (Å²) in [5, 5.41) is 10.7. The second kappa shape index (κ2) is 5.78. The molecule has 2 unspecified atom stereocenters. The van der Waals surface area contributed by atoms with E-state index in [0.29, 0.717) is 6.61 Å². The topological polar surface area (TPSA) is 29.5 Å². The number of rotatable bonds is 3. The second-order valence-corrected chi connectivity index (χ2v) is 5.28. The summed E-state index contributed by atoms with van der Waals surface area (Å²) >= 11 is 0. The minimum Gasteiger partial charge on any atom is -0.385 e. The Labute approximate surface area is 120 Å². The van der Waals surface area contributed by atoms with Crippen LogP contribution >= 0.6 is 0 Å². The second-order valence-electron chi connectivity index (χ2n) is 5.28. The van der Waals surface area contributed by atoms with E-state index >= 15 is 0 Å². The Morgan fingerprint density at radius 2 is 2.05 bits per heavy atom. The number of fused-ring (bicyclic) bond motifs is 1. The molecule has 2 atom stereocenters. The highest BCUT2D eigenvalue weighted by atomic mass is 16.5. The number of benzene rings is 2. The molecular weight excluding hydrogens is 248 g/mol. The Morgan fingerprint density at radius 1 is 1.20 bits per heavy atom. The molecule has 1 aliphatic rings. The Morgan fingerprint density at radius 3 is 2.90 bits per heavy atom. The number of hydrogen-bond donors (Lipinski definition) is 1. The minimum absolute atomic E-state index is 0.257. The molecule has 0 spiro atoms. The molecule has 2 nitrogen and oxygen atoms in total. The van der Waals surface area contributed by atoms with Gasteiger partial charge < -0.3 is 9.84 Å². The van der Waals surface area contributed by atoms with Crippen LogP contribution < -0.4 is 0 Å². The lowest BCUT2D eigenvalue weighted by molar-refractivity contribution is -0.0483. The standard InChI is InChI=1S/C18H20O2/c1-2-13-6-5-8-15(12-13)17(19)18-16-9-4-3-7-14(16)10-11-20-18/h3-9,12,17-19H,2,10-11H2,1H3. The van der Waals surface area contributed by atoms with Gasteiger partial charge in [-0.2, -0.15) is 0 Å². The van der Waals surface area contributed by atoms with Crippen molar-refractivity contribution in [2.45, 2.75) is 32.0 Å². The number of aliphatic hydroxyl groups excluding tert-OH is 1. The maximum atomic E-state index is 10.7. The predicted molar refractivity (Wildman–Crippen MR) is 79.6 cm³/mol. The average molecular weight is 268 g/mol. The summed E-state index contributed by atoms with van der Waals surface area (Å²) in [6, 6.07) is 16.4. The largest absolute Gasteiger partial charge is 0.385 e. The lowest BCUT2D eigenvalue weighted by Crippen LogP contribution is -2.22. The lowest BCUT2D eigenvalue weighted by atomic mass is 9.91. The fraction of sp³-hybridized carbons (Fsp3) is 0.333. The molecule has 1 aliphatic heterocycles. The summed E-state index contributed by atoms with van der Waals surface area (Å²) in [4.78, 5) is 0. The van der Waals surface area contributed by atoms with Crippen molar-refractivity contribution in [3.8, 4) is 0 Å². The van der Waals surface area contributed by atoms with Crippen LogP contribution in [0.5, 0.6) is 0 Å². The van der Waals surface area contributed by atoms with Gasteiger partial charge in [0.2, 0.25) is 0 Å². The van der Waals surface area contributed by atoms with Crippen molar-refractivity contribution >= 4 is 0 Å². The van der Waals surface area contributed by atoms with Crippen LogP contribution in [0.25, 0.3) is 0 Å². The van der Waals surface area contributed by atoms with Gasteiger partial charge in [-0.3, -0.25) is 0 Å². The van der Waals surface area contributed by atoms with Crippen molar-refractivity contribution in [2.24, 2.45) is 0 Å². The van der Waals surface area contributed by atoms with Crippen LogP contribution in [0.15, 0.2) is 48.5 Å². The minimum atomic E-state index is -0.608. The zero-order valence-corrected chi connectivity index (χ0v) is 11.8. The molecule has 2 aromatic rings. The molecule has 0 radical (unpaired) electrons. The van der Waals surface area contributed by atoms with Gasteiger partial charge in [0.15, 0.2) is 0 Å². The van der Waals surface area contributed by atoms with Crippen LogP contribution in [-0.4, -0.2) is 11.7 Å². The third-order valence-electron chi connectivity index (χ3n) is 4.02. The van der Waals surface area contributed by atoms with Gasteiger partial charge in [-0.25, -0.2) is 0 Å². The summed E-state index contributed by atoms with van der Waals surface area (Å²) in [5.41, 5.74) is 4.58. The smallest absolute Gasteiger partial charge is 0.113 e. The van der Waals surface area contributed by atoms with E-state index in [0.717, 1.165) is 24.0 Å². The van der Waals surface area contributed by atoms with E-state index in [4.69, 9.17) is 4.74 Å². The fourth-order valence-electron chi connectivity index (χ4n) is 2.86. The molecule has 0 aliphatic carbocycles. The van der Waals surface area contributed by atoms with E-state index in [9.17, 15) is 5.11 Å². The monoisotopic (exact) mass is 268 g/mol. The number of aliphatic hydroxyl groups is 1. The third kappa shape index (κ3) is 2.49. The predicted octanol–water partition coefficient (Wildman–Crippen LogP) is 3.60. The fourth-order valence-corrected chi connectivity index (χ4v) is 2.86. The van der Waals surface area contributed by atoms with E-state index in [1.165, 1.54) is 11.1 Å². The lowest BCUT2D eigenvalue weighted by Gasteiger charge is -2.30. The molecule has 1 N–H and O–H groups in total. The Bertz CT molecular complexity index is 591. The summed E-state index contributed by atoms with van der Waals surface area (Å²) < 4.78 is 5.84. The summed E-state index contributed by atoms with van der Waals surface area (Å²) in [6.45, 7) is 2.80. The van der Waals surface area contributed by atoms with Crippen molar-refractivity contribution in [2.75, 3.05) is 6.61 Å². The van der Waals surface area contributed by atoms with Gasteiger partial charge in [-0.1, -0.05) is 55.5 Å². The molecule has 0 saturated heterocycles. The summed E-state index contributed by atoms with van der Waals surface area (Å²) in [6.07, 6.45) is 1.03. The maximum Gasteiger partial charge on any atom is 0.113 e. The number of ether oxygens (including phenoxy) is 1. The van der Waals surface area contributed by atoms with E-state index in [1.807, 2.05) is 24.3 Å². The van der Waals surface area contributed by atoms with Gasteiger partial charge in [-0.05, 0) is 35.1 Å². The van der Waals surface area contributed by atoms with Crippen LogP contribution in [0.3, 0.4) is 0 Å². The summed E-state index contributed by atoms with van der Waals surface area (Å²) in [5.74, 6) is 0. The third-order valence-corrected chi connectivity index (χ3v) is 4.02. The van der Waals surface area contributed by atoms with Crippen LogP contribution in [0.4, 0.5) is 0 Å². The molecule has 0 saturated carbocycles. The molecular formula is C18H20O2. The van der Waals surface area contributed by atoms with Crippen LogP contribution in [0.2, 0.25) is 0 Å². The first-order chi connectivity index (χ1) is 9.79. The SMILES string of the molecule is CCc1cccc(C(O)C2OCCc3ccccc32)c1. The molecule has 20 heavy (non-hydrogen) atoms. The van der Waals surface area contributed by atoms with E-state index in [2.05, 4.69) is 31.2 Å². The van der Waals surface area contributed by atoms with Crippen molar-refractivity contribution in [3.05, 3.63) is 70.8 Å². The number of aryl methyl sites for hydroxylation is 1. The summed E-state index contributed by atoms with van der Waals surface area (Å²) in [7, 11) is 0. The quantitative estimate of drug-likeness (QED) is 0.921. The Kier molecular flexibility index (Phi) is 3.86. The van der Waals surface area contributed by atoms with Gasteiger partial charge in [0, 0.05) is 0 Å². The average Bonchev–Trinajstić information content (AvgIpc) is 2.53. The van der Waals surface area contributed by atoms with Crippen molar-refractivity contribution in [3.63, 3.8) is 0 Å². The van der Waals surface area contributed by atoms with Crippen molar-refractivity contribution in [1.29, 1.82) is 0 Å². The molecule has 0 amide bonds. The maximum absolute atomic E-state index is 10.7. The molecule has 2 aromatic carbocycles. The highest BCUT2D eigenvalue weighted by Gasteiger charge is 2.28. The normalized spacial score (nSPS) is 19.4. The first kappa shape index (κ1) is 13.3. The molecule has 2 heteroatoms. The first-order valence-electron chi connectivity index (χ1n) is 7.26.